The molecule has 2 amide bonds. The van der Waals surface area contributed by atoms with Crippen LogP contribution in [0.3, 0.4) is 0 Å². The summed E-state index contributed by atoms with van der Waals surface area (Å²) in [4.78, 5) is 31.8. The third-order valence-electron chi connectivity index (χ3n) is 5.07. The topological polar surface area (TPSA) is 80.1 Å². The summed E-state index contributed by atoms with van der Waals surface area (Å²) in [5, 5.41) is 7.43. The number of aryl methyl sites for hydroxylation is 1. The maximum Gasteiger partial charge on any atom is 0.231 e. The van der Waals surface area contributed by atoms with Crippen molar-refractivity contribution in [1.82, 2.24) is 25.0 Å². The van der Waals surface area contributed by atoms with E-state index in [1.807, 2.05) is 61.8 Å². The van der Waals surface area contributed by atoms with Crippen molar-refractivity contribution >= 4 is 11.8 Å². The zero-order chi connectivity index (χ0) is 20.2. The first-order valence-corrected chi connectivity index (χ1v) is 9.62. The molecule has 1 aromatic carbocycles. The minimum absolute atomic E-state index is 0.00762. The summed E-state index contributed by atoms with van der Waals surface area (Å²) >= 11 is 0. The van der Waals surface area contributed by atoms with Crippen LogP contribution in [0.25, 0.3) is 0 Å². The van der Waals surface area contributed by atoms with Gasteiger partial charge in [0, 0.05) is 38.1 Å². The average Bonchev–Trinajstić information content (AvgIpc) is 3.12. The number of hydrogen-bond acceptors (Lipinski definition) is 4. The molecule has 29 heavy (non-hydrogen) atoms. The molecule has 0 bridgehead atoms. The predicted octanol–water partition coefficient (Wildman–Crippen LogP) is 1.80. The number of fused-ring (bicyclic) bond motifs is 1. The van der Waals surface area contributed by atoms with Crippen molar-refractivity contribution in [1.29, 1.82) is 0 Å². The van der Waals surface area contributed by atoms with Gasteiger partial charge in [0.15, 0.2) is 0 Å². The van der Waals surface area contributed by atoms with E-state index in [0.29, 0.717) is 26.1 Å². The molecule has 0 aliphatic carbocycles. The monoisotopic (exact) mass is 389 g/mol. The zero-order valence-electron chi connectivity index (χ0n) is 16.3. The quantitative estimate of drug-likeness (QED) is 0.722. The molecule has 3 aromatic rings. The molecule has 1 aliphatic rings. The van der Waals surface area contributed by atoms with Crippen molar-refractivity contribution in [2.45, 2.75) is 25.4 Å². The summed E-state index contributed by atoms with van der Waals surface area (Å²) in [6.45, 7) is 1.14. The normalized spacial score (nSPS) is 15.6. The van der Waals surface area contributed by atoms with Crippen LogP contribution in [0.15, 0.2) is 60.9 Å². The number of rotatable bonds is 5. The molecular weight excluding hydrogens is 366 g/mol. The van der Waals surface area contributed by atoms with Crippen molar-refractivity contribution in [3.05, 3.63) is 83.4 Å². The molecule has 0 saturated carbocycles. The SMILES string of the molecule is Cn1cc2c(n1)C(C(=O)NCc1ccccn1)CN(C(=O)Cc1ccccc1)C2. The second-order valence-electron chi connectivity index (χ2n) is 7.24. The van der Waals surface area contributed by atoms with Crippen LogP contribution < -0.4 is 5.32 Å². The highest BCUT2D eigenvalue weighted by molar-refractivity contribution is 5.86. The average molecular weight is 389 g/mol. The highest BCUT2D eigenvalue weighted by Crippen LogP contribution is 2.28. The molecule has 2 aromatic heterocycles. The van der Waals surface area contributed by atoms with Crippen molar-refractivity contribution in [3.8, 4) is 0 Å². The summed E-state index contributed by atoms with van der Waals surface area (Å²) in [6.07, 6.45) is 3.90. The predicted molar refractivity (Wildman–Crippen MR) is 108 cm³/mol. The van der Waals surface area contributed by atoms with Gasteiger partial charge in [-0.2, -0.15) is 5.10 Å². The van der Waals surface area contributed by atoms with Crippen LogP contribution in [0.2, 0.25) is 0 Å². The molecule has 1 aliphatic heterocycles. The fourth-order valence-corrected chi connectivity index (χ4v) is 3.63. The maximum absolute atomic E-state index is 12.9. The van der Waals surface area contributed by atoms with E-state index in [4.69, 9.17) is 0 Å². The van der Waals surface area contributed by atoms with Gasteiger partial charge in [0.1, 0.15) is 0 Å². The Morgan fingerprint density at radius 1 is 1.14 bits per heavy atom. The molecule has 148 valence electrons. The standard InChI is InChI=1S/C22H23N5O2/c1-26-13-17-14-27(20(28)11-16-7-3-2-4-8-16)15-19(21(17)25-26)22(29)24-12-18-9-5-6-10-23-18/h2-10,13,19H,11-12,14-15H2,1H3,(H,24,29). The van der Waals surface area contributed by atoms with Crippen molar-refractivity contribution in [3.63, 3.8) is 0 Å². The first kappa shape index (κ1) is 18.9. The van der Waals surface area contributed by atoms with Crippen LogP contribution in [0.1, 0.15) is 28.4 Å². The Bertz CT molecular complexity index is 1000. The van der Waals surface area contributed by atoms with Gasteiger partial charge in [-0.05, 0) is 17.7 Å². The fraction of sp³-hybridized carbons (Fsp3) is 0.273. The van der Waals surface area contributed by atoms with Gasteiger partial charge in [-0.25, -0.2) is 0 Å². The van der Waals surface area contributed by atoms with E-state index in [2.05, 4.69) is 15.4 Å². The molecule has 1 unspecified atom stereocenters. The minimum atomic E-state index is -0.497. The van der Waals surface area contributed by atoms with Crippen LogP contribution in [0.5, 0.6) is 0 Å². The van der Waals surface area contributed by atoms with Crippen LogP contribution in [-0.2, 0) is 36.1 Å². The maximum atomic E-state index is 12.9. The number of carbonyl (C=O) groups is 2. The van der Waals surface area contributed by atoms with E-state index in [1.54, 1.807) is 15.8 Å². The fourth-order valence-electron chi connectivity index (χ4n) is 3.63. The van der Waals surface area contributed by atoms with Gasteiger partial charge in [-0.15, -0.1) is 0 Å². The molecule has 1 atom stereocenters. The molecular formula is C22H23N5O2. The summed E-state index contributed by atoms with van der Waals surface area (Å²) in [6, 6.07) is 15.2. The van der Waals surface area contributed by atoms with Crippen molar-refractivity contribution in [2.24, 2.45) is 7.05 Å². The highest BCUT2D eigenvalue weighted by Gasteiger charge is 2.35. The Kier molecular flexibility index (Phi) is 5.37. The Morgan fingerprint density at radius 2 is 1.93 bits per heavy atom. The first-order valence-electron chi connectivity index (χ1n) is 9.62. The third kappa shape index (κ3) is 4.34. The second kappa shape index (κ2) is 8.26. The Hall–Kier alpha value is -3.48. The lowest BCUT2D eigenvalue weighted by Gasteiger charge is -2.31. The van der Waals surface area contributed by atoms with Crippen LogP contribution in [0.4, 0.5) is 0 Å². The number of nitrogens with zero attached hydrogens (tertiary/aromatic N) is 4. The van der Waals surface area contributed by atoms with E-state index < -0.39 is 5.92 Å². The number of nitrogens with one attached hydrogen (secondary N) is 1. The Balaban J connectivity index is 1.49. The molecule has 0 spiro atoms. The molecule has 4 rings (SSSR count). The van der Waals surface area contributed by atoms with E-state index >= 15 is 0 Å². The number of aromatic nitrogens is 3. The van der Waals surface area contributed by atoms with Crippen molar-refractivity contribution < 1.29 is 9.59 Å². The lowest BCUT2D eigenvalue weighted by atomic mass is 9.95. The molecule has 0 radical (unpaired) electrons. The molecule has 0 saturated heterocycles. The van der Waals surface area contributed by atoms with Gasteiger partial charge in [0.05, 0.1) is 30.3 Å². The van der Waals surface area contributed by atoms with Gasteiger partial charge in [-0.1, -0.05) is 36.4 Å². The number of carbonyl (C=O) groups excluding carboxylic acids is 2. The largest absolute Gasteiger partial charge is 0.350 e. The lowest BCUT2D eigenvalue weighted by Crippen LogP contribution is -2.44. The van der Waals surface area contributed by atoms with Crippen LogP contribution in [0, 0.1) is 0 Å². The van der Waals surface area contributed by atoms with E-state index in [-0.39, 0.29) is 11.8 Å². The number of benzene rings is 1. The van der Waals surface area contributed by atoms with E-state index in [1.165, 1.54) is 0 Å². The molecule has 7 heteroatoms. The zero-order valence-corrected chi connectivity index (χ0v) is 16.3. The Labute approximate surface area is 169 Å². The molecule has 1 N–H and O–H groups in total. The minimum Gasteiger partial charge on any atom is -0.350 e. The highest BCUT2D eigenvalue weighted by atomic mass is 16.2. The molecule has 0 fully saturated rings. The summed E-state index contributed by atoms with van der Waals surface area (Å²) in [5.74, 6) is -0.635. The van der Waals surface area contributed by atoms with Gasteiger partial charge < -0.3 is 10.2 Å². The second-order valence-corrected chi connectivity index (χ2v) is 7.24. The van der Waals surface area contributed by atoms with Gasteiger partial charge in [-0.3, -0.25) is 19.3 Å². The van der Waals surface area contributed by atoms with Gasteiger partial charge in [0.25, 0.3) is 0 Å². The first-order chi connectivity index (χ1) is 14.1. The van der Waals surface area contributed by atoms with Crippen molar-refractivity contribution in [2.75, 3.05) is 6.54 Å². The van der Waals surface area contributed by atoms with E-state index in [0.717, 1.165) is 22.5 Å². The van der Waals surface area contributed by atoms with E-state index in [9.17, 15) is 9.59 Å². The molecule has 3 heterocycles. The third-order valence-corrected chi connectivity index (χ3v) is 5.07. The van der Waals surface area contributed by atoms with Gasteiger partial charge >= 0.3 is 0 Å². The number of amides is 2. The van der Waals surface area contributed by atoms with Gasteiger partial charge in [0.2, 0.25) is 11.8 Å². The smallest absolute Gasteiger partial charge is 0.231 e. The van der Waals surface area contributed by atoms with Crippen LogP contribution >= 0.6 is 0 Å². The summed E-state index contributed by atoms with van der Waals surface area (Å²) in [7, 11) is 1.83. The van der Waals surface area contributed by atoms with Crippen LogP contribution in [-0.4, -0.2) is 38.0 Å². The summed E-state index contributed by atoms with van der Waals surface area (Å²) in [5.41, 5.74) is 3.41. The summed E-state index contributed by atoms with van der Waals surface area (Å²) < 4.78 is 1.70. The number of hydrogen-bond donors (Lipinski definition) is 1. The lowest BCUT2D eigenvalue weighted by molar-refractivity contribution is -0.133. The molecule has 7 nitrogen and oxygen atoms in total. The Morgan fingerprint density at radius 3 is 2.69 bits per heavy atom. The number of pyridine rings is 1.